The van der Waals surface area contributed by atoms with Gasteiger partial charge in [0.1, 0.15) is 5.82 Å². The number of imidazole rings is 1. The summed E-state index contributed by atoms with van der Waals surface area (Å²) < 4.78 is 1.92. The van der Waals surface area contributed by atoms with Crippen LogP contribution in [0.4, 0.5) is 5.82 Å². The first-order valence-corrected chi connectivity index (χ1v) is 9.92. The molecule has 150 valence electrons. The second-order valence-electron chi connectivity index (χ2n) is 7.14. The highest BCUT2D eigenvalue weighted by atomic mass is 35.5. The first-order chi connectivity index (χ1) is 12.8. The molecule has 0 unspecified atom stereocenters. The summed E-state index contributed by atoms with van der Waals surface area (Å²) in [7, 11) is 2.20. The summed E-state index contributed by atoms with van der Waals surface area (Å²) in [5.74, 6) is 0.914. The van der Waals surface area contributed by atoms with Crippen molar-refractivity contribution < 1.29 is 0 Å². The molecule has 6 nitrogen and oxygen atoms in total. The molecule has 1 aliphatic rings. The number of hydrogen-bond donors (Lipinski definition) is 1. The number of unbranched alkanes of at least 4 members (excludes halogenated alkanes) is 2. The quantitative estimate of drug-likeness (QED) is 0.663. The number of piperazine rings is 1. The zero-order valence-electron chi connectivity index (χ0n) is 16.6. The third kappa shape index (κ3) is 6.48. The van der Waals surface area contributed by atoms with E-state index in [0.29, 0.717) is 0 Å². The van der Waals surface area contributed by atoms with Crippen molar-refractivity contribution in [3.63, 3.8) is 0 Å². The molecule has 1 N–H and O–H groups in total. The number of halogens is 1. The van der Waals surface area contributed by atoms with Crippen LogP contribution in [0.15, 0.2) is 24.4 Å². The van der Waals surface area contributed by atoms with Crippen LogP contribution in [-0.4, -0.2) is 70.7 Å². The van der Waals surface area contributed by atoms with Crippen LogP contribution in [0, 0.1) is 0 Å². The molecular formula is C20H33ClN6. The van der Waals surface area contributed by atoms with Crippen LogP contribution in [0.5, 0.6) is 0 Å². The molecule has 0 aliphatic carbocycles. The van der Waals surface area contributed by atoms with Crippen molar-refractivity contribution >= 4 is 29.9 Å². The Balaban J connectivity index is 0.00000261. The SMILES string of the molecule is CCCCC=Cc1cnc2ccc(NCCCN3CCN(C)CC3)nn12.Cl. The number of hydrogen-bond acceptors (Lipinski definition) is 5. The van der Waals surface area contributed by atoms with Crippen molar-refractivity contribution in [3.05, 3.63) is 30.1 Å². The Kier molecular flexibility index (Phi) is 9.04. The van der Waals surface area contributed by atoms with Crippen LogP contribution in [-0.2, 0) is 0 Å². The lowest BCUT2D eigenvalue weighted by molar-refractivity contribution is 0.154. The number of fused-ring (bicyclic) bond motifs is 1. The summed E-state index contributed by atoms with van der Waals surface area (Å²) in [4.78, 5) is 9.38. The minimum atomic E-state index is 0. The van der Waals surface area contributed by atoms with Gasteiger partial charge in [0.25, 0.3) is 0 Å². The van der Waals surface area contributed by atoms with Crippen LogP contribution in [0.25, 0.3) is 11.7 Å². The minimum Gasteiger partial charge on any atom is -0.369 e. The maximum Gasteiger partial charge on any atom is 0.154 e. The van der Waals surface area contributed by atoms with E-state index in [4.69, 9.17) is 5.10 Å². The van der Waals surface area contributed by atoms with Crippen LogP contribution in [0.1, 0.15) is 38.3 Å². The number of aromatic nitrogens is 3. The van der Waals surface area contributed by atoms with E-state index in [2.05, 4.69) is 46.2 Å². The molecule has 0 aromatic carbocycles. The Morgan fingerprint density at radius 1 is 1.15 bits per heavy atom. The molecule has 0 saturated carbocycles. The average Bonchev–Trinajstić information content (AvgIpc) is 3.06. The molecule has 3 heterocycles. The normalized spacial score (nSPS) is 16.1. The van der Waals surface area contributed by atoms with Gasteiger partial charge in [-0.2, -0.15) is 0 Å². The van der Waals surface area contributed by atoms with Gasteiger partial charge in [-0.15, -0.1) is 17.5 Å². The standard InChI is InChI=1S/C20H32N6.ClH/c1-3-4-5-6-8-18-17-22-20-10-9-19(23-26(18)20)21-11-7-12-25-15-13-24(2)14-16-25;/h6,8-10,17H,3-5,7,11-16H2,1-2H3,(H,21,23);1H. The number of rotatable bonds is 9. The molecule has 0 radical (unpaired) electrons. The molecule has 1 aliphatic heterocycles. The van der Waals surface area contributed by atoms with Gasteiger partial charge in [-0.1, -0.05) is 25.8 Å². The van der Waals surface area contributed by atoms with Crippen LogP contribution in [0.3, 0.4) is 0 Å². The summed E-state index contributed by atoms with van der Waals surface area (Å²) in [6.07, 6.45) is 10.9. The Hall–Kier alpha value is -1.63. The molecule has 0 atom stereocenters. The van der Waals surface area contributed by atoms with E-state index in [9.17, 15) is 0 Å². The number of likely N-dealkylation sites (N-methyl/N-ethyl adjacent to an activating group) is 1. The summed E-state index contributed by atoms with van der Waals surface area (Å²) in [5, 5.41) is 8.16. The summed E-state index contributed by atoms with van der Waals surface area (Å²) >= 11 is 0. The molecule has 27 heavy (non-hydrogen) atoms. The molecular weight excluding hydrogens is 360 g/mol. The molecule has 7 heteroatoms. The van der Waals surface area contributed by atoms with Gasteiger partial charge in [0.2, 0.25) is 0 Å². The van der Waals surface area contributed by atoms with Gasteiger partial charge in [-0.05, 0) is 44.6 Å². The Morgan fingerprint density at radius 3 is 2.74 bits per heavy atom. The van der Waals surface area contributed by atoms with Gasteiger partial charge >= 0.3 is 0 Å². The molecule has 3 rings (SSSR count). The number of anilines is 1. The van der Waals surface area contributed by atoms with Gasteiger partial charge in [-0.3, -0.25) is 0 Å². The average molecular weight is 393 g/mol. The highest BCUT2D eigenvalue weighted by Gasteiger charge is 2.12. The maximum absolute atomic E-state index is 4.70. The third-order valence-electron chi connectivity index (χ3n) is 4.95. The van der Waals surface area contributed by atoms with Crippen LogP contribution in [0.2, 0.25) is 0 Å². The van der Waals surface area contributed by atoms with Gasteiger partial charge in [0.15, 0.2) is 5.65 Å². The number of allylic oxidation sites excluding steroid dienone is 1. The van der Waals surface area contributed by atoms with Crippen molar-refractivity contribution in [1.82, 2.24) is 24.4 Å². The van der Waals surface area contributed by atoms with Gasteiger partial charge in [-0.25, -0.2) is 9.50 Å². The van der Waals surface area contributed by atoms with Gasteiger partial charge < -0.3 is 15.1 Å². The fraction of sp³-hybridized carbons (Fsp3) is 0.600. The van der Waals surface area contributed by atoms with Crippen molar-refractivity contribution in [2.45, 2.75) is 32.6 Å². The lowest BCUT2D eigenvalue weighted by atomic mass is 10.2. The van der Waals surface area contributed by atoms with Crippen molar-refractivity contribution in [3.8, 4) is 0 Å². The van der Waals surface area contributed by atoms with E-state index in [-0.39, 0.29) is 12.4 Å². The number of nitrogens with zero attached hydrogens (tertiary/aromatic N) is 5. The molecule has 2 aromatic rings. The zero-order valence-corrected chi connectivity index (χ0v) is 17.4. The largest absolute Gasteiger partial charge is 0.369 e. The minimum absolute atomic E-state index is 0. The first-order valence-electron chi connectivity index (χ1n) is 9.92. The van der Waals surface area contributed by atoms with Gasteiger partial charge in [0, 0.05) is 32.7 Å². The fourth-order valence-corrected chi connectivity index (χ4v) is 3.22. The summed E-state index contributed by atoms with van der Waals surface area (Å²) in [5.41, 5.74) is 1.93. The Bertz CT molecular complexity index is 706. The second-order valence-corrected chi connectivity index (χ2v) is 7.14. The fourth-order valence-electron chi connectivity index (χ4n) is 3.22. The van der Waals surface area contributed by atoms with Crippen molar-refractivity contribution in [2.75, 3.05) is 51.6 Å². The Labute approximate surface area is 169 Å². The Morgan fingerprint density at radius 2 is 1.96 bits per heavy atom. The van der Waals surface area contributed by atoms with Gasteiger partial charge in [0.05, 0.1) is 11.9 Å². The molecule has 1 fully saturated rings. The lowest BCUT2D eigenvalue weighted by Crippen LogP contribution is -2.44. The van der Waals surface area contributed by atoms with E-state index in [0.717, 1.165) is 43.1 Å². The monoisotopic (exact) mass is 392 g/mol. The molecule has 0 bridgehead atoms. The topological polar surface area (TPSA) is 48.7 Å². The maximum atomic E-state index is 4.70. The van der Waals surface area contributed by atoms with E-state index in [1.165, 1.54) is 39.0 Å². The molecule has 0 spiro atoms. The smallest absolute Gasteiger partial charge is 0.154 e. The highest BCUT2D eigenvalue weighted by molar-refractivity contribution is 5.85. The zero-order chi connectivity index (χ0) is 18.2. The first kappa shape index (κ1) is 21.7. The van der Waals surface area contributed by atoms with Crippen LogP contribution < -0.4 is 5.32 Å². The summed E-state index contributed by atoms with van der Waals surface area (Å²) in [6.45, 7) is 9.04. The van der Waals surface area contributed by atoms with E-state index in [1.807, 2.05) is 22.8 Å². The van der Waals surface area contributed by atoms with E-state index in [1.54, 1.807) is 0 Å². The molecule has 0 amide bonds. The lowest BCUT2D eigenvalue weighted by Gasteiger charge is -2.32. The highest BCUT2D eigenvalue weighted by Crippen LogP contribution is 2.11. The predicted octanol–water partition coefficient (Wildman–Crippen LogP) is 3.40. The molecule has 2 aromatic heterocycles. The number of nitrogens with one attached hydrogen (secondary N) is 1. The summed E-state index contributed by atoms with van der Waals surface area (Å²) in [6, 6.07) is 4.04. The molecule has 1 saturated heterocycles. The second kappa shape index (κ2) is 11.3. The van der Waals surface area contributed by atoms with E-state index >= 15 is 0 Å². The third-order valence-corrected chi connectivity index (χ3v) is 4.95. The predicted molar refractivity (Wildman–Crippen MR) is 116 cm³/mol. The van der Waals surface area contributed by atoms with Crippen LogP contribution >= 0.6 is 12.4 Å². The van der Waals surface area contributed by atoms with Crippen molar-refractivity contribution in [2.24, 2.45) is 0 Å². The van der Waals surface area contributed by atoms with E-state index < -0.39 is 0 Å². The van der Waals surface area contributed by atoms with Crippen molar-refractivity contribution in [1.29, 1.82) is 0 Å².